The molecule has 0 bridgehead atoms. The smallest absolute Gasteiger partial charge is 0.306 e. The molecule has 0 aliphatic rings. The molecule has 0 aromatic carbocycles. The molecule has 10 heteroatoms. The number of carbonyl (C=O) groups excluding carboxylic acids is 2. The van der Waals surface area contributed by atoms with Crippen molar-refractivity contribution in [1.82, 2.24) is 5.32 Å². The van der Waals surface area contributed by atoms with E-state index in [1.165, 1.54) is 135 Å². The van der Waals surface area contributed by atoms with E-state index in [0.29, 0.717) is 23.9 Å². The van der Waals surface area contributed by atoms with Crippen LogP contribution in [0.15, 0.2) is 60.8 Å². The van der Waals surface area contributed by atoms with Gasteiger partial charge in [0.1, 0.15) is 19.3 Å². The maximum absolute atomic E-state index is 13.4. The Hall–Kier alpha value is -2.29. The van der Waals surface area contributed by atoms with Crippen LogP contribution < -0.4 is 10.2 Å². The second-order valence-electron chi connectivity index (χ2n) is 20.5. The van der Waals surface area contributed by atoms with Crippen molar-refractivity contribution in [2.45, 2.75) is 264 Å². The highest BCUT2D eigenvalue weighted by Crippen LogP contribution is 2.38. The zero-order valence-electron chi connectivity index (χ0n) is 45.8. The lowest BCUT2D eigenvalue weighted by Crippen LogP contribution is -2.47. The third-order valence-corrected chi connectivity index (χ3v) is 13.5. The van der Waals surface area contributed by atoms with Crippen LogP contribution in [0.25, 0.3) is 0 Å². The molecule has 0 aromatic heterocycles. The first kappa shape index (κ1) is 66.7. The molecule has 9 nitrogen and oxygen atoms in total. The second-order valence-corrected chi connectivity index (χ2v) is 21.9. The maximum Gasteiger partial charge on any atom is 0.306 e. The van der Waals surface area contributed by atoms with Gasteiger partial charge in [-0.25, -0.2) is 0 Å². The highest BCUT2D eigenvalue weighted by atomic mass is 31.2. The van der Waals surface area contributed by atoms with Gasteiger partial charge < -0.3 is 28.5 Å². The molecule has 69 heavy (non-hydrogen) atoms. The summed E-state index contributed by atoms with van der Waals surface area (Å²) in [5.41, 5.74) is 0. The Balaban J connectivity index is 5.29. The van der Waals surface area contributed by atoms with Crippen LogP contribution in [-0.4, -0.2) is 69.4 Å². The van der Waals surface area contributed by atoms with Gasteiger partial charge in [0, 0.05) is 12.8 Å². The number of phosphoric acid groups is 1. The van der Waals surface area contributed by atoms with Gasteiger partial charge in [-0.2, -0.15) is 0 Å². The fourth-order valence-electron chi connectivity index (χ4n) is 8.05. The molecule has 0 spiro atoms. The van der Waals surface area contributed by atoms with Crippen molar-refractivity contribution in [3.05, 3.63) is 60.8 Å². The van der Waals surface area contributed by atoms with Crippen LogP contribution in [0.5, 0.6) is 0 Å². The highest BCUT2D eigenvalue weighted by Gasteiger charge is 2.27. The average Bonchev–Trinajstić information content (AvgIpc) is 3.31. The summed E-state index contributed by atoms with van der Waals surface area (Å²) >= 11 is 0. The Morgan fingerprint density at radius 1 is 0.522 bits per heavy atom. The third-order valence-electron chi connectivity index (χ3n) is 12.5. The third kappa shape index (κ3) is 50.4. The van der Waals surface area contributed by atoms with Crippen molar-refractivity contribution in [3.8, 4) is 0 Å². The van der Waals surface area contributed by atoms with Crippen LogP contribution in [0.3, 0.4) is 0 Å². The Bertz CT molecular complexity index is 1370. The van der Waals surface area contributed by atoms with E-state index in [9.17, 15) is 19.0 Å². The van der Waals surface area contributed by atoms with E-state index in [2.05, 4.69) is 68.6 Å². The zero-order valence-corrected chi connectivity index (χ0v) is 46.7. The molecule has 0 aromatic rings. The number of nitrogens with zero attached hydrogens (tertiary/aromatic N) is 1. The standard InChI is InChI=1S/C59H109N2O7P/c1-7-10-13-16-19-22-25-27-28-29-30-31-32-34-37-40-43-46-49-52-59(63)68-57(50-47-44-41-38-35-24-21-18-15-12-9-3)56(55-67-69(64,65)66-54-53-61(4,5)6)60-58(62)51-48-45-42-39-36-33-26-23-20-17-14-11-8-2/h11,14,17,20,23,26-28,47,50,56-57H,7-10,12-13,15-16,18-19,21-22,24-25,29-46,48-49,51-55H2,1-6H3,(H-,60,62,64,65)/b14-11+,20-17+,26-23-,28-27+,50-47-. The summed E-state index contributed by atoms with van der Waals surface area (Å²) in [5.74, 6) is -0.567. The van der Waals surface area contributed by atoms with E-state index in [4.69, 9.17) is 13.8 Å². The van der Waals surface area contributed by atoms with Gasteiger partial charge >= 0.3 is 5.97 Å². The number of nitrogens with one attached hydrogen (secondary N) is 1. The lowest BCUT2D eigenvalue weighted by atomic mass is 10.0. The van der Waals surface area contributed by atoms with Crippen molar-refractivity contribution >= 4 is 19.7 Å². The number of phosphoric ester groups is 1. The molecule has 0 rings (SSSR count). The first-order valence-corrected chi connectivity index (χ1v) is 30.1. The lowest BCUT2D eigenvalue weighted by Gasteiger charge is -2.30. The molecule has 1 amide bonds. The minimum Gasteiger partial charge on any atom is -0.756 e. The number of hydrogen-bond acceptors (Lipinski definition) is 7. The topological polar surface area (TPSA) is 114 Å². The van der Waals surface area contributed by atoms with Crippen molar-refractivity contribution in [3.63, 3.8) is 0 Å². The van der Waals surface area contributed by atoms with Gasteiger partial charge in [0.15, 0.2) is 0 Å². The molecule has 402 valence electrons. The normalized spacial score (nSPS) is 14.2. The molecule has 3 unspecified atom stereocenters. The van der Waals surface area contributed by atoms with E-state index in [1.807, 2.05) is 39.4 Å². The molecule has 0 heterocycles. The average molecular weight is 990 g/mol. The fraction of sp³-hybridized carbons (Fsp3) is 0.797. The maximum atomic E-state index is 13.4. The number of esters is 1. The number of hydrogen-bond donors (Lipinski definition) is 1. The van der Waals surface area contributed by atoms with E-state index in [0.717, 1.165) is 77.0 Å². The molecule has 0 saturated carbocycles. The molecular formula is C59H109N2O7P. The van der Waals surface area contributed by atoms with Crippen LogP contribution in [0.4, 0.5) is 0 Å². The summed E-state index contributed by atoms with van der Waals surface area (Å²) in [6.07, 6.45) is 60.5. The summed E-state index contributed by atoms with van der Waals surface area (Å²) in [5, 5.41) is 3.00. The SMILES string of the molecule is CC/C=C/C=C/C=C\CCCCCCCC(=O)NC(COP(=O)([O-])OCC[N+](C)(C)C)C(/C=C\CCCCCCCCCCC)OC(=O)CCCCCCCCCCC/C=C/CCCCCCCC. The fourth-order valence-corrected chi connectivity index (χ4v) is 8.77. The molecule has 1 N–H and O–H groups in total. The van der Waals surface area contributed by atoms with Crippen LogP contribution in [0, 0.1) is 0 Å². The Kier molecular flexibility index (Phi) is 47.7. The Morgan fingerprint density at radius 2 is 0.942 bits per heavy atom. The van der Waals surface area contributed by atoms with Gasteiger partial charge in [-0.1, -0.05) is 223 Å². The number of ether oxygens (including phenoxy) is 1. The number of unbranched alkanes of at least 4 members (excludes halogenated alkanes) is 29. The summed E-state index contributed by atoms with van der Waals surface area (Å²) in [7, 11) is 1.17. The number of quaternary nitrogens is 1. The monoisotopic (exact) mass is 989 g/mol. The largest absolute Gasteiger partial charge is 0.756 e. The quantitative estimate of drug-likeness (QED) is 0.0161. The summed E-state index contributed by atoms with van der Waals surface area (Å²) in [6.45, 7) is 6.68. The minimum absolute atomic E-state index is 0.0282. The van der Waals surface area contributed by atoms with E-state index >= 15 is 0 Å². The van der Waals surface area contributed by atoms with Gasteiger partial charge in [0.2, 0.25) is 5.91 Å². The lowest BCUT2D eigenvalue weighted by molar-refractivity contribution is -0.870. The molecule has 3 atom stereocenters. The van der Waals surface area contributed by atoms with Crippen molar-refractivity contribution in [1.29, 1.82) is 0 Å². The van der Waals surface area contributed by atoms with E-state index in [-0.39, 0.29) is 24.9 Å². The summed E-state index contributed by atoms with van der Waals surface area (Å²) in [6, 6.07) is -0.899. The minimum atomic E-state index is -4.70. The Labute approximate surface area is 426 Å². The van der Waals surface area contributed by atoms with Gasteiger partial charge in [-0.05, 0) is 76.7 Å². The van der Waals surface area contributed by atoms with Gasteiger partial charge in [0.25, 0.3) is 7.82 Å². The molecule has 0 saturated heterocycles. The van der Waals surface area contributed by atoms with Gasteiger partial charge in [0.05, 0.1) is 33.8 Å². The van der Waals surface area contributed by atoms with Gasteiger partial charge in [-0.3, -0.25) is 14.2 Å². The molecule has 0 fully saturated rings. The van der Waals surface area contributed by atoms with E-state index < -0.39 is 26.6 Å². The zero-order chi connectivity index (χ0) is 50.8. The number of carbonyl (C=O) groups is 2. The van der Waals surface area contributed by atoms with Crippen LogP contribution in [-0.2, 0) is 27.9 Å². The van der Waals surface area contributed by atoms with Crippen molar-refractivity contribution in [2.75, 3.05) is 40.9 Å². The van der Waals surface area contributed by atoms with Crippen LogP contribution in [0.1, 0.15) is 252 Å². The van der Waals surface area contributed by atoms with Gasteiger partial charge in [-0.15, -0.1) is 0 Å². The van der Waals surface area contributed by atoms with Crippen LogP contribution >= 0.6 is 7.82 Å². The number of rotatable bonds is 51. The predicted molar refractivity (Wildman–Crippen MR) is 293 cm³/mol. The number of allylic oxidation sites excluding steroid dienone is 9. The Morgan fingerprint density at radius 3 is 1.42 bits per heavy atom. The second kappa shape index (κ2) is 49.3. The van der Waals surface area contributed by atoms with Crippen molar-refractivity contribution < 1.29 is 37.3 Å². The van der Waals surface area contributed by atoms with Crippen molar-refractivity contribution in [2.24, 2.45) is 0 Å². The summed E-state index contributed by atoms with van der Waals surface area (Å²) in [4.78, 5) is 39.8. The summed E-state index contributed by atoms with van der Waals surface area (Å²) < 4.78 is 30.2. The first-order valence-electron chi connectivity index (χ1n) is 28.6. The molecule has 0 aliphatic carbocycles. The highest BCUT2D eigenvalue weighted by molar-refractivity contribution is 7.45. The number of likely N-dealkylation sites (N-methyl/N-ethyl adjacent to an activating group) is 1. The molecule has 0 aliphatic heterocycles. The molecule has 0 radical (unpaired) electrons. The first-order chi connectivity index (χ1) is 33.4. The van der Waals surface area contributed by atoms with E-state index in [1.54, 1.807) is 0 Å². The number of amides is 1. The van der Waals surface area contributed by atoms with Crippen LogP contribution in [0.2, 0.25) is 0 Å². The molecular weight excluding hydrogens is 880 g/mol. The predicted octanol–water partition coefficient (Wildman–Crippen LogP) is 16.5.